The molecule has 0 saturated heterocycles. The van der Waals surface area contributed by atoms with Crippen molar-refractivity contribution < 1.29 is 19.1 Å². The number of unbranched alkanes of at least 4 members (excludes halogenated alkanes) is 3. The Morgan fingerprint density at radius 3 is 1.49 bits per heavy atom. The number of aliphatic imine (C=N–C) groups is 2. The molecule has 16 heteroatoms. The fraction of sp³-hybridized carbons (Fsp3) is 0.588. The molecule has 6 aliphatic carbocycles. The van der Waals surface area contributed by atoms with E-state index in [-0.39, 0.29) is 58.9 Å². The third-order valence-electron chi connectivity index (χ3n) is 20.1. The molecule has 14 nitrogen and oxygen atoms in total. The molecule has 4 N–H and O–H groups in total. The quantitative estimate of drug-likeness (QED) is 0.0856. The molecule has 4 fully saturated rings. The summed E-state index contributed by atoms with van der Waals surface area (Å²) in [4.78, 5) is 42.2. The van der Waals surface area contributed by atoms with Gasteiger partial charge in [0.1, 0.15) is 0 Å². The zero-order valence-electron chi connectivity index (χ0n) is 50.9. The van der Waals surface area contributed by atoms with E-state index >= 15 is 0 Å². The standard InChI is InChI=1S/C28H31N5O2.C23H26BrN5O2.C5H5.3C4H9.Sn/c1-18(24-4-3-15-30-32-24)33-25(34)28(31-26(33)29)23-16-20(8-7-19-5-6-19)9-10-21(23)17-27(28)13-11-22(35-2)12-14-27;1-14(19-4-3-11-26-28-19)29-20(30)23(27-21(29)25)18-12-16(24)6-5-15(18)13-22(23)9-7-17(31-2)8-10-22;1-2-5-3-4-5;3*1-3-4-2;/h3-4,9-10,15-16,18-19,22H,5-6,11-14,17H2,1-2H3,(H2,29,31);3-6,11-12,14,17H,7-10,13H2,1-2H3,(H2,25,27);5H,3-4H2;3*1,3-4H2,2H3;. The molecule has 4 aromatic rings. The molecular weight excluding hydrogens is 1220 g/mol. The van der Waals surface area contributed by atoms with Crippen LogP contribution in [0.5, 0.6) is 0 Å². The van der Waals surface area contributed by atoms with Crippen molar-refractivity contribution in [2.24, 2.45) is 44.1 Å². The van der Waals surface area contributed by atoms with Crippen LogP contribution in [0.15, 0.2) is 87.5 Å². The molecular formula is C68H89BrN10O4Sn. The zero-order valence-corrected chi connectivity index (χ0v) is 55.3. The first-order valence-electron chi connectivity index (χ1n) is 31.6. The van der Waals surface area contributed by atoms with E-state index in [1.807, 2.05) is 44.2 Å². The van der Waals surface area contributed by atoms with Crippen LogP contribution >= 0.6 is 15.9 Å². The Morgan fingerprint density at radius 1 is 0.631 bits per heavy atom. The molecule has 2 aromatic carbocycles. The van der Waals surface area contributed by atoms with Gasteiger partial charge in [0, 0.05) is 53.4 Å². The predicted octanol–water partition coefficient (Wildman–Crippen LogP) is 12.8. The number of nitrogens with two attached hydrogens (primary N) is 2. The first-order valence-corrected chi connectivity index (χ1v) is 39.9. The summed E-state index contributed by atoms with van der Waals surface area (Å²) < 4.78 is 20.8. The van der Waals surface area contributed by atoms with Crippen LogP contribution < -0.4 is 11.5 Å². The van der Waals surface area contributed by atoms with Gasteiger partial charge in [-0.3, -0.25) is 19.4 Å². The van der Waals surface area contributed by atoms with E-state index in [2.05, 4.69) is 109 Å². The van der Waals surface area contributed by atoms with Gasteiger partial charge in [0.15, 0.2) is 23.0 Å². The number of fused-ring (bicyclic) bond motifs is 6. The second-order valence-corrected chi connectivity index (χ2v) is 38.7. The Kier molecular flexibility index (Phi) is 19.5. The van der Waals surface area contributed by atoms with E-state index in [4.69, 9.17) is 30.9 Å². The summed E-state index contributed by atoms with van der Waals surface area (Å²) in [5.74, 6) is 12.1. The average Bonchev–Trinajstić information content (AvgIpc) is 2.11. The Labute approximate surface area is 512 Å². The molecule has 2 aromatic heterocycles. The summed E-state index contributed by atoms with van der Waals surface area (Å²) in [7, 11) is 3.54. The normalized spacial score (nSPS) is 27.2. The zero-order chi connectivity index (χ0) is 59.3. The van der Waals surface area contributed by atoms with Gasteiger partial charge in [-0.25, -0.2) is 9.98 Å². The summed E-state index contributed by atoms with van der Waals surface area (Å²) in [5.41, 5.74) is 17.0. The molecule has 8 aliphatic rings. The SMILES string of the molecule is CCC[CH2][Sn]([C]#CC1CC1)([CH2]CCC)[CH2]CCC.COC1CCC2(CC1)Cc1ccc(Br)cc1C21N=C(N)N(C(C)c2cccnn2)C1=O.COC1CCC2(CC1)Cc1ccc(C#CC3CC3)cc1C21N=C(N)N(C(C)c2cccnn2)C1=O. The van der Waals surface area contributed by atoms with Gasteiger partial charge in [-0.15, -0.1) is 0 Å². The molecule has 0 bridgehead atoms. The third-order valence-corrected chi connectivity index (χ3v) is 33.7. The molecule has 12 rings (SSSR count). The molecule has 4 spiro atoms. The van der Waals surface area contributed by atoms with Gasteiger partial charge >= 0.3 is 120 Å². The van der Waals surface area contributed by atoms with Crippen LogP contribution in [0.4, 0.5) is 0 Å². The Bertz CT molecular complexity index is 3170. The number of rotatable bonds is 15. The van der Waals surface area contributed by atoms with E-state index in [1.54, 1.807) is 49.7 Å². The number of halogens is 1. The van der Waals surface area contributed by atoms with Crippen molar-refractivity contribution in [2.45, 2.75) is 212 Å². The first kappa shape index (κ1) is 61.9. The van der Waals surface area contributed by atoms with Crippen LogP contribution in [-0.2, 0) is 43.0 Å². The van der Waals surface area contributed by atoms with Crippen LogP contribution in [0.25, 0.3) is 0 Å². The second kappa shape index (κ2) is 26.4. The van der Waals surface area contributed by atoms with Crippen molar-refractivity contribution in [1.29, 1.82) is 0 Å². The number of hydrogen-bond donors (Lipinski definition) is 2. The number of benzene rings is 2. The molecule has 446 valence electrons. The first-order chi connectivity index (χ1) is 40.6. The van der Waals surface area contributed by atoms with Crippen LogP contribution in [0.3, 0.4) is 0 Å². The minimum Gasteiger partial charge on any atom is -0.381 e. The van der Waals surface area contributed by atoms with Gasteiger partial charge in [-0.2, -0.15) is 20.4 Å². The molecule has 2 amide bonds. The average molecular weight is 1310 g/mol. The Morgan fingerprint density at radius 2 is 1.07 bits per heavy atom. The number of ether oxygens (including phenoxy) is 2. The summed E-state index contributed by atoms with van der Waals surface area (Å²) in [6.45, 7) is 10.9. The van der Waals surface area contributed by atoms with E-state index < -0.39 is 29.5 Å². The van der Waals surface area contributed by atoms with E-state index in [0.29, 0.717) is 17.3 Å². The number of aromatic nitrogens is 4. The molecule has 2 aliphatic heterocycles. The van der Waals surface area contributed by atoms with Gasteiger partial charge in [0.2, 0.25) is 0 Å². The number of hydrogen-bond acceptors (Lipinski definition) is 12. The van der Waals surface area contributed by atoms with Crippen LogP contribution in [0.2, 0.25) is 13.3 Å². The van der Waals surface area contributed by atoms with E-state index in [1.165, 1.54) is 75.3 Å². The van der Waals surface area contributed by atoms with Gasteiger partial charge in [-0.05, 0) is 162 Å². The van der Waals surface area contributed by atoms with Crippen LogP contribution in [0.1, 0.15) is 201 Å². The number of carbonyl (C=O) groups excluding carboxylic acids is 2. The third kappa shape index (κ3) is 12.1. The van der Waals surface area contributed by atoms with Crippen molar-refractivity contribution in [3.05, 3.63) is 117 Å². The van der Waals surface area contributed by atoms with Crippen molar-refractivity contribution >= 4 is 58.0 Å². The van der Waals surface area contributed by atoms with Crippen molar-refractivity contribution in [2.75, 3.05) is 14.2 Å². The summed E-state index contributed by atoms with van der Waals surface area (Å²) >= 11 is 1.54. The monoisotopic (exact) mass is 1310 g/mol. The smallest absolute Gasteiger partial charge is 0.263 e. The maximum Gasteiger partial charge on any atom is 0.263 e. The van der Waals surface area contributed by atoms with E-state index in [9.17, 15) is 9.59 Å². The van der Waals surface area contributed by atoms with Gasteiger partial charge < -0.3 is 20.9 Å². The molecule has 0 radical (unpaired) electrons. The molecule has 4 saturated carbocycles. The summed E-state index contributed by atoms with van der Waals surface area (Å²) in [6, 6.07) is 19.2. The minimum atomic E-state index is -2.07. The molecule has 4 unspecified atom stereocenters. The van der Waals surface area contributed by atoms with Crippen molar-refractivity contribution in [1.82, 2.24) is 30.2 Å². The maximum absolute atomic E-state index is 14.5. The van der Waals surface area contributed by atoms with Crippen molar-refractivity contribution in [3.8, 4) is 21.7 Å². The van der Waals surface area contributed by atoms with Crippen molar-refractivity contribution in [3.63, 3.8) is 0 Å². The molecule has 4 heterocycles. The summed E-state index contributed by atoms with van der Waals surface area (Å²) in [5, 5.41) is 16.4. The topological polar surface area (TPSA) is 187 Å². The minimum absolute atomic E-state index is 0.0594. The summed E-state index contributed by atoms with van der Waals surface area (Å²) in [6.07, 6.45) is 26.0. The molecule has 84 heavy (non-hydrogen) atoms. The number of carbonyl (C=O) groups is 2. The fourth-order valence-electron chi connectivity index (χ4n) is 14.8. The predicted molar refractivity (Wildman–Crippen MR) is 338 cm³/mol. The van der Waals surface area contributed by atoms with Gasteiger partial charge in [0.05, 0.1) is 35.7 Å². The largest absolute Gasteiger partial charge is 0.381 e. The van der Waals surface area contributed by atoms with Gasteiger partial charge in [0.25, 0.3) is 11.8 Å². The second-order valence-electron chi connectivity index (χ2n) is 25.5. The number of methoxy groups -OCH3 is 2. The number of nitrogens with zero attached hydrogens (tertiary/aromatic N) is 8. The Balaban J connectivity index is 0.000000148. The van der Waals surface area contributed by atoms with Gasteiger partial charge in [-0.1, -0.05) is 39.9 Å². The molecule has 4 atom stereocenters. The number of guanidine groups is 2. The van der Waals surface area contributed by atoms with E-state index in [0.717, 1.165) is 91.3 Å². The maximum atomic E-state index is 14.5. The Hall–Kier alpha value is -5.20. The van der Waals surface area contributed by atoms with Crippen LogP contribution in [0, 0.1) is 44.4 Å². The van der Waals surface area contributed by atoms with Crippen LogP contribution in [-0.4, -0.2) is 98.7 Å². The fourth-order valence-corrected chi connectivity index (χ4v) is 28.7. The number of amides is 2.